The smallest absolute Gasteiger partial charge is 0.379 e. The number of methoxy groups -OCH3 is 1. The molecule has 0 saturated carbocycles. The fraction of sp³-hybridized carbons (Fsp3) is 1.00. The van der Waals surface area contributed by atoms with Crippen LogP contribution < -0.4 is 0 Å². The molecule has 0 aliphatic heterocycles. The van der Waals surface area contributed by atoms with Crippen LogP contribution >= 0.6 is 7.82 Å². The Morgan fingerprint density at radius 2 is 1.05 bits per heavy atom. The predicted octanol–water partition coefficient (Wildman–Crippen LogP) is 8.68. The second-order valence-electron chi connectivity index (χ2n) is 12.3. The first-order valence-corrected chi connectivity index (χ1v) is 17.7. The number of unbranched alkanes of at least 4 members (excludes halogenated alkanes) is 18. The first-order valence-electron chi connectivity index (χ1n) is 16.2. The van der Waals surface area contributed by atoms with E-state index in [-0.39, 0.29) is 19.3 Å². The van der Waals surface area contributed by atoms with Crippen molar-refractivity contribution in [3.63, 3.8) is 0 Å². The molecule has 7 nitrogen and oxygen atoms in total. The van der Waals surface area contributed by atoms with Crippen molar-refractivity contribution < 1.29 is 32.5 Å². The Hall–Kier alpha value is -0.0100. The Morgan fingerprint density at radius 3 is 1.51 bits per heavy atom. The van der Waals surface area contributed by atoms with Crippen molar-refractivity contribution in [2.24, 2.45) is 0 Å². The van der Waals surface area contributed by atoms with E-state index < -0.39 is 7.82 Å². The third kappa shape index (κ3) is 30.8. The normalized spacial score (nSPS) is 14.5. The van der Waals surface area contributed by atoms with Gasteiger partial charge in [-0.15, -0.1) is 0 Å². The molecule has 0 bridgehead atoms. The number of rotatable bonds is 31. The van der Waals surface area contributed by atoms with E-state index in [0.717, 1.165) is 43.1 Å². The van der Waals surface area contributed by atoms with Gasteiger partial charge in [0.25, 0.3) is 0 Å². The maximum atomic E-state index is 12.1. The maximum absolute atomic E-state index is 12.1. The summed E-state index contributed by atoms with van der Waals surface area (Å²) < 4.78 is 34.3. The van der Waals surface area contributed by atoms with E-state index in [0.29, 0.717) is 13.2 Å². The molecule has 0 aromatic rings. The topological polar surface area (TPSA) is 74.2 Å². The van der Waals surface area contributed by atoms with Gasteiger partial charge >= 0.3 is 7.82 Å². The van der Waals surface area contributed by atoms with Crippen LogP contribution in [0.25, 0.3) is 0 Å². The Balaban J connectivity index is 3.52. The number of ether oxygens (including phenoxy) is 2. The van der Waals surface area contributed by atoms with Crippen LogP contribution in [0.4, 0.5) is 0 Å². The number of quaternary nitrogens is 1. The molecule has 0 rings (SSSR count). The molecule has 0 saturated heterocycles. The zero-order chi connectivity index (χ0) is 29.1. The van der Waals surface area contributed by atoms with Crippen molar-refractivity contribution in [1.82, 2.24) is 0 Å². The van der Waals surface area contributed by atoms with E-state index in [1.165, 1.54) is 96.3 Å². The van der Waals surface area contributed by atoms with Crippen LogP contribution in [0.1, 0.15) is 135 Å². The molecule has 236 valence electrons. The number of hydrogen-bond donors (Lipinski definition) is 1. The van der Waals surface area contributed by atoms with Gasteiger partial charge in [0, 0.05) is 13.7 Å². The lowest BCUT2D eigenvalue weighted by atomic mass is 10.0. The van der Waals surface area contributed by atoms with E-state index in [9.17, 15) is 9.46 Å². The molecular weight excluding hydrogens is 513 g/mol. The van der Waals surface area contributed by atoms with Crippen LogP contribution in [0.2, 0.25) is 0 Å². The first kappa shape index (κ1) is 39.0. The van der Waals surface area contributed by atoms with Gasteiger partial charge in [-0.05, 0) is 25.7 Å². The molecular formula is C31H67NO6P+. The van der Waals surface area contributed by atoms with Crippen molar-refractivity contribution >= 4 is 7.82 Å². The quantitative estimate of drug-likeness (QED) is 0.0502. The van der Waals surface area contributed by atoms with Crippen LogP contribution in [-0.4, -0.2) is 76.7 Å². The van der Waals surface area contributed by atoms with Gasteiger partial charge in [-0.3, -0.25) is 9.05 Å². The third-order valence-corrected chi connectivity index (χ3v) is 8.16. The van der Waals surface area contributed by atoms with Gasteiger partial charge in [-0.2, -0.15) is 0 Å². The van der Waals surface area contributed by atoms with Crippen LogP contribution in [0.5, 0.6) is 0 Å². The Morgan fingerprint density at radius 1 is 0.615 bits per heavy atom. The van der Waals surface area contributed by atoms with Crippen molar-refractivity contribution in [3.8, 4) is 0 Å². The summed E-state index contributed by atoms with van der Waals surface area (Å²) in [5.41, 5.74) is 0. The van der Waals surface area contributed by atoms with E-state index >= 15 is 0 Å². The average molecular weight is 581 g/mol. The van der Waals surface area contributed by atoms with E-state index in [2.05, 4.69) is 28.1 Å². The van der Waals surface area contributed by atoms with Gasteiger partial charge in [0.15, 0.2) is 0 Å². The number of phosphoric acid groups is 1. The monoisotopic (exact) mass is 580 g/mol. The summed E-state index contributed by atoms with van der Waals surface area (Å²) in [7, 11) is 4.05. The maximum Gasteiger partial charge on any atom is 0.472 e. The van der Waals surface area contributed by atoms with Gasteiger partial charge in [0.05, 0.1) is 47.5 Å². The second-order valence-corrected chi connectivity index (χ2v) is 13.7. The predicted molar refractivity (Wildman–Crippen MR) is 164 cm³/mol. The van der Waals surface area contributed by atoms with Crippen molar-refractivity contribution in [3.05, 3.63) is 0 Å². The van der Waals surface area contributed by atoms with Crippen LogP contribution in [-0.2, 0) is 23.1 Å². The van der Waals surface area contributed by atoms with Crippen molar-refractivity contribution in [2.45, 2.75) is 141 Å². The molecule has 1 unspecified atom stereocenters. The molecule has 0 amide bonds. The molecule has 0 radical (unpaired) electrons. The standard InChI is InChI=1S/C31H66NO6P/c1-6-7-8-9-10-11-12-13-14-15-16-17-18-19-21-24-27-36-29-31(35-5)30-38-39(33,34)37-28-25-22-20-23-26-32(2,3)4/h31H,6-30H2,1-5H3/p+1/t31-/m0/s1. The van der Waals surface area contributed by atoms with Gasteiger partial charge in [0.2, 0.25) is 0 Å². The highest BCUT2D eigenvalue weighted by molar-refractivity contribution is 7.47. The molecule has 0 aromatic carbocycles. The van der Waals surface area contributed by atoms with Gasteiger partial charge in [-0.1, -0.05) is 110 Å². The number of phosphoric ester groups is 1. The van der Waals surface area contributed by atoms with E-state index in [4.69, 9.17) is 18.5 Å². The molecule has 0 aliphatic rings. The molecule has 2 atom stereocenters. The lowest BCUT2D eigenvalue weighted by molar-refractivity contribution is -0.870. The molecule has 0 heterocycles. The lowest BCUT2D eigenvalue weighted by Gasteiger charge is -2.23. The van der Waals surface area contributed by atoms with Crippen LogP contribution in [0, 0.1) is 0 Å². The van der Waals surface area contributed by atoms with Crippen molar-refractivity contribution in [2.75, 3.05) is 61.2 Å². The highest BCUT2D eigenvalue weighted by Crippen LogP contribution is 2.43. The highest BCUT2D eigenvalue weighted by Gasteiger charge is 2.23. The summed E-state index contributed by atoms with van der Waals surface area (Å²) in [5.74, 6) is 0. The first-order chi connectivity index (χ1) is 18.7. The fourth-order valence-corrected chi connectivity index (χ4v) is 5.38. The minimum absolute atomic E-state index is 0.0211. The van der Waals surface area contributed by atoms with E-state index in [1.54, 1.807) is 7.11 Å². The molecule has 1 N–H and O–H groups in total. The summed E-state index contributed by atoms with van der Waals surface area (Å²) in [6, 6.07) is 0. The fourth-order valence-electron chi connectivity index (χ4n) is 4.59. The second kappa shape index (κ2) is 26.9. The largest absolute Gasteiger partial charge is 0.472 e. The lowest BCUT2D eigenvalue weighted by Crippen LogP contribution is -2.35. The summed E-state index contributed by atoms with van der Waals surface area (Å²) in [6.45, 7) is 4.64. The van der Waals surface area contributed by atoms with E-state index in [1.807, 2.05) is 0 Å². The SMILES string of the molecule is CCCCCCCCCCCCCCCCCCOC[C@@H](COP(=O)(O)OCCCCCC[N+](C)(C)C)OC. The molecule has 8 heteroatoms. The number of nitrogens with zero attached hydrogens (tertiary/aromatic N) is 1. The minimum atomic E-state index is -4.06. The zero-order valence-electron chi connectivity index (χ0n) is 26.6. The molecule has 0 fully saturated rings. The molecule has 0 spiro atoms. The molecule has 39 heavy (non-hydrogen) atoms. The Kier molecular flexibility index (Phi) is 26.9. The highest BCUT2D eigenvalue weighted by atomic mass is 31.2. The van der Waals surface area contributed by atoms with Gasteiger partial charge in [0.1, 0.15) is 6.10 Å². The number of hydrogen-bond acceptors (Lipinski definition) is 5. The summed E-state index contributed by atoms with van der Waals surface area (Å²) in [6.07, 6.45) is 25.2. The van der Waals surface area contributed by atoms with Gasteiger partial charge < -0.3 is 18.9 Å². The molecule has 0 aliphatic carbocycles. The summed E-state index contributed by atoms with van der Waals surface area (Å²) >= 11 is 0. The van der Waals surface area contributed by atoms with Gasteiger partial charge in [-0.25, -0.2) is 4.57 Å². The van der Waals surface area contributed by atoms with Crippen LogP contribution in [0.15, 0.2) is 0 Å². The Bertz CT molecular complexity index is 558. The van der Waals surface area contributed by atoms with Crippen molar-refractivity contribution in [1.29, 1.82) is 0 Å². The summed E-state index contributed by atoms with van der Waals surface area (Å²) in [5, 5.41) is 0. The van der Waals surface area contributed by atoms with Crippen LogP contribution in [0.3, 0.4) is 0 Å². The average Bonchev–Trinajstić information content (AvgIpc) is 2.88. The minimum Gasteiger partial charge on any atom is -0.379 e. The summed E-state index contributed by atoms with van der Waals surface area (Å²) in [4.78, 5) is 9.91. The molecule has 0 aromatic heterocycles. The third-order valence-electron chi connectivity index (χ3n) is 7.18. The Labute approximate surface area is 242 Å². The zero-order valence-corrected chi connectivity index (χ0v) is 27.5.